The molecule has 0 aliphatic heterocycles. The van der Waals surface area contributed by atoms with Crippen LogP contribution in [0.3, 0.4) is 0 Å². The number of rotatable bonds is 8. The fourth-order valence-electron chi connectivity index (χ4n) is 9.33. The van der Waals surface area contributed by atoms with Gasteiger partial charge in [-0.1, -0.05) is 158 Å². The van der Waals surface area contributed by atoms with Gasteiger partial charge in [-0.2, -0.15) is 0 Å². The molecule has 0 bridgehead atoms. The second kappa shape index (κ2) is 15.3. The van der Waals surface area contributed by atoms with Crippen LogP contribution in [0, 0.1) is 0 Å². The van der Waals surface area contributed by atoms with Gasteiger partial charge in [0.15, 0.2) is 17.5 Å². The largest absolute Gasteiger partial charge is 0.309 e. The first-order valence-electron chi connectivity index (χ1n) is 21.5. The van der Waals surface area contributed by atoms with Gasteiger partial charge < -0.3 is 9.13 Å². The normalized spacial score (nSPS) is 11.8. The van der Waals surface area contributed by atoms with Crippen molar-refractivity contribution in [3.05, 3.63) is 212 Å². The highest BCUT2D eigenvalue weighted by molar-refractivity contribution is 7.26. The Kier molecular flexibility index (Phi) is 8.99. The van der Waals surface area contributed by atoms with E-state index in [1.165, 1.54) is 53.0 Å². The molecule has 12 aromatic rings. The number of nitrogens with zero attached hydrogens (tertiary/aromatic N) is 5. The summed E-state index contributed by atoms with van der Waals surface area (Å²) in [4.78, 5) is 15.1. The zero-order valence-electron chi connectivity index (χ0n) is 35.0. The van der Waals surface area contributed by atoms with Crippen LogP contribution in [0.25, 0.3) is 122 Å². The van der Waals surface area contributed by atoms with Gasteiger partial charge in [0.2, 0.25) is 0 Å². The zero-order chi connectivity index (χ0) is 42.7. The molecule has 6 heteroatoms. The lowest BCUT2D eigenvalue weighted by molar-refractivity contribution is 1.07. The molecule has 0 aliphatic rings. The minimum absolute atomic E-state index is 0.626. The molecule has 302 valence electrons. The molecule has 0 radical (unpaired) electrons. The van der Waals surface area contributed by atoms with Crippen LogP contribution < -0.4 is 0 Å². The first-order valence-corrected chi connectivity index (χ1v) is 22.3. The van der Waals surface area contributed by atoms with E-state index in [-0.39, 0.29) is 0 Å². The lowest BCUT2D eigenvalue weighted by Gasteiger charge is -2.12. The Balaban J connectivity index is 1.02. The molecule has 12 rings (SSSR count). The maximum absolute atomic E-state index is 5.06. The van der Waals surface area contributed by atoms with E-state index < -0.39 is 0 Å². The summed E-state index contributed by atoms with van der Waals surface area (Å²) in [6, 6.07) is 66.6. The van der Waals surface area contributed by atoms with Crippen molar-refractivity contribution in [2.24, 2.45) is 0 Å². The van der Waals surface area contributed by atoms with Gasteiger partial charge in [-0.25, -0.2) is 15.0 Å². The summed E-state index contributed by atoms with van der Waals surface area (Å²) in [7, 11) is 0. The Morgan fingerprint density at radius 3 is 1.72 bits per heavy atom. The maximum atomic E-state index is 5.06. The Morgan fingerprint density at radius 1 is 0.422 bits per heavy atom. The highest BCUT2D eigenvalue weighted by Gasteiger charge is 2.20. The topological polar surface area (TPSA) is 48.5 Å². The van der Waals surface area contributed by atoms with Crippen molar-refractivity contribution in [1.29, 1.82) is 0 Å². The second-order valence-electron chi connectivity index (χ2n) is 16.0. The molecule has 8 aromatic carbocycles. The van der Waals surface area contributed by atoms with Gasteiger partial charge in [0.1, 0.15) is 0 Å². The van der Waals surface area contributed by atoms with Gasteiger partial charge in [-0.05, 0) is 72.7 Å². The van der Waals surface area contributed by atoms with Gasteiger partial charge >= 0.3 is 0 Å². The Labute approximate surface area is 374 Å². The van der Waals surface area contributed by atoms with E-state index in [1.54, 1.807) is 0 Å². The molecule has 0 fully saturated rings. The van der Waals surface area contributed by atoms with Crippen LogP contribution in [0.1, 0.15) is 18.2 Å². The highest BCUT2D eigenvalue weighted by atomic mass is 32.1. The van der Waals surface area contributed by atoms with E-state index in [2.05, 4.69) is 162 Å². The summed E-state index contributed by atoms with van der Waals surface area (Å²) < 4.78 is 7.25. The summed E-state index contributed by atoms with van der Waals surface area (Å²) in [5, 5.41) is 6.10. The number of para-hydroxylation sites is 1. The average Bonchev–Trinajstić information content (AvgIpc) is 4.00. The van der Waals surface area contributed by atoms with E-state index in [0.717, 1.165) is 50.3 Å². The Bertz CT molecular complexity index is 3740. The lowest BCUT2D eigenvalue weighted by atomic mass is 10.0. The predicted octanol–water partition coefficient (Wildman–Crippen LogP) is 15.6. The first-order chi connectivity index (χ1) is 31.6. The predicted molar refractivity (Wildman–Crippen MR) is 270 cm³/mol. The van der Waals surface area contributed by atoms with E-state index in [4.69, 9.17) is 15.0 Å². The molecule has 0 atom stereocenters. The Morgan fingerprint density at radius 2 is 1.02 bits per heavy atom. The first kappa shape index (κ1) is 37.6. The monoisotopic (exact) mass is 837 g/mol. The van der Waals surface area contributed by atoms with Crippen molar-refractivity contribution < 1.29 is 0 Å². The van der Waals surface area contributed by atoms with Gasteiger partial charge in [0.05, 0.1) is 22.2 Å². The molecule has 0 aliphatic carbocycles. The minimum atomic E-state index is 0.626. The smallest absolute Gasteiger partial charge is 0.164 e. The quantitative estimate of drug-likeness (QED) is 0.153. The molecule has 0 amide bonds. The summed E-state index contributed by atoms with van der Waals surface area (Å²) >= 11 is 1.85. The molecule has 0 saturated heterocycles. The molecule has 5 nitrogen and oxygen atoms in total. The van der Waals surface area contributed by atoms with Crippen LogP contribution >= 0.6 is 11.3 Å². The summed E-state index contributed by atoms with van der Waals surface area (Å²) in [6.07, 6.45) is 6.30. The molecular weight excluding hydrogens is 799 g/mol. The van der Waals surface area contributed by atoms with Crippen LogP contribution in [0.2, 0.25) is 0 Å². The van der Waals surface area contributed by atoms with Crippen LogP contribution in [0.15, 0.2) is 201 Å². The van der Waals surface area contributed by atoms with Gasteiger partial charge in [-0.3, -0.25) is 0 Å². The fourth-order valence-corrected chi connectivity index (χ4v) is 10.5. The molecule has 64 heavy (non-hydrogen) atoms. The lowest BCUT2D eigenvalue weighted by Crippen LogP contribution is -2.01. The average molecular weight is 838 g/mol. The van der Waals surface area contributed by atoms with Gasteiger partial charge in [0.25, 0.3) is 0 Å². The van der Waals surface area contributed by atoms with Crippen molar-refractivity contribution in [2.45, 2.75) is 6.92 Å². The van der Waals surface area contributed by atoms with Crippen molar-refractivity contribution in [2.75, 3.05) is 0 Å². The van der Waals surface area contributed by atoms with E-state index in [1.807, 2.05) is 78.1 Å². The third-order valence-electron chi connectivity index (χ3n) is 12.2. The maximum Gasteiger partial charge on any atom is 0.164 e. The SMILES string of the molecule is C=Cc1c(/C=C\C)c2ccc(-c3ccccc3)cc2n1-c1ccc2c(c1)sc1cc3c4ccccc4n(-c4cccc(-c5nc(-c6ccccc6)nc(-c6ccccc6)n5)c4)c3cc12. The highest BCUT2D eigenvalue weighted by Crippen LogP contribution is 2.43. The van der Waals surface area contributed by atoms with Crippen LogP contribution in [-0.4, -0.2) is 24.1 Å². The van der Waals surface area contributed by atoms with E-state index >= 15 is 0 Å². The summed E-state index contributed by atoms with van der Waals surface area (Å²) in [6.45, 7) is 6.38. The fraction of sp³-hybridized carbons (Fsp3) is 0.0172. The Hall–Kier alpha value is -8.19. The second-order valence-corrected chi connectivity index (χ2v) is 17.1. The molecule has 0 unspecified atom stereocenters. The number of hydrogen-bond acceptors (Lipinski definition) is 4. The van der Waals surface area contributed by atoms with Gasteiger partial charge in [-0.15, -0.1) is 11.3 Å². The number of thiophene rings is 1. The van der Waals surface area contributed by atoms with Crippen LogP contribution in [0.5, 0.6) is 0 Å². The molecule has 0 spiro atoms. The summed E-state index contributed by atoms with van der Waals surface area (Å²) in [5.41, 5.74) is 13.0. The molecule has 0 saturated carbocycles. The molecule has 4 aromatic heterocycles. The standard InChI is InChI=1S/C58H39N5S/c1-3-17-44-46-30-28-40(37-18-8-5-9-19-37)33-52(46)62(50(44)4-2)43-29-31-47-49-35-53-48(36-55(49)64-54(47)34-43)45-26-14-15-27-51(45)63(53)42-25-16-24-41(32-42)58-60-56(38-20-10-6-11-21-38)59-57(61-58)39-22-12-7-13-23-39/h3-36H,2H2,1H3/b17-3-. The van der Waals surface area contributed by atoms with Crippen LogP contribution in [0.4, 0.5) is 0 Å². The van der Waals surface area contributed by atoms with Crippen molar-refractivity contribution in [1.82, 2.24) is 24.1 Å². The van der Waals surface area contributed by atoms with E-state index in [0.29, 0.717) is 17.5 Å². The number of aromatic nitrogens is 5. The van der Waals surface area contributed by atoms with Crippen LogP contribution in [-0.2, 0) is 0 Å². The number of hydrogen-bond donors (Lipinski definition) is 0. The third-order valence-corrected chi connectivity index (χ3v) is 13.4. The number of fused-ring (bicyclic) bond motifs is 7. The minimum Gasteiger partial charge on any atom is -0.309 e. The molecular formula is C58H39N5S. The number of benzene rings is 8. The molecule has 0 N–H and O–H groups in total. The third kappa shape index (κ3) is 6.18. The zero-order valence-corrected chi connectivity index (χ0v) is 35.8. The van der Waals surface area contributed by atoms with Gasteiger partial charge in [0, 0.05) is 70.0 Å². The van der Waals surface area contributed by atoms with Crippen molar-refractivity contribution in [3.8, 4) is 56.7 Å². The van der Waals surface area contributed by atoms with Crippen molar-refractivity contribution in [3.63, 3.8) is 0 Å². The molecule has 4 heterocycles. The van der Waals surface area contributed by atoms with Crippen molar-refractivity contribution >= 4 is 76.4 Å². The van der Waals surface area contributed by atoms with E-state index in [9.17, 15) is 0 Å². The number of allylic oxidation sites excluding steroid dienone is 1. The summed E-state index contributed by atoms with van der Waals surface area (Å²) in [5.74, 6) is 1.91.